The number of rotatable bonds is 7. The standard InChI is InChI=1S/C23H27N9O3S/c1-3-7-30(23(35)25-2)31-12-19(33)32-16(8-15-9-26-13-27-15)21(34)29(11-18(31)32)10-14-5-4-6-17-20(14)28-22(24)36-17/h3-6,9,13,16,18H,1,7-8,10-12H2,2H3,(H2,24,28)(H,25,35)(H,26,27)/t16-,18+/m0/s1. The van der Waals surface area contributed by atoms with Gasteiger partial charge in [0.15, 0.2) is 5.13 Å². The van der Waals surface area contributed by atoms with Gasteiger partial charge in [-0.25, -0.2) is 14.8 Å². The molecule has 0 spiro atoms. The third-order valence-electron chi connectivity index (χ3n) is 6.48. The van der Waals surface area contributed by atoms with Crippen LogP contribution >= 0.6 is 11.3 Å². The van der Waals surface area contributed by atoms with Crippen LogP contribution in [-0.2, 0) is 22.6 Å². The van der Waals surface area contributed by atoms with Crippen molar-refractivity contribution in [1.29, 1.82) is 0 Å². The number of para-hydroxylation sites is 1. The third-order valence-corrected chi connectivity index (χ3v) is 7.33. The average molecular weight is 510 g/mol. The Hall–Kier alpha value is -3.97. The van der Waals surface area contributed by atoms with Crippen LogP contribution in [0.15, 0.2) is 43.4 Å². The number of hydrogen-bond donors (Lipinski definition) is 3. The minimum atomic E-state index is -0.753. The molecule has 188 valence electrons. The normalized spacial score (nSPS) is 20.1. The first-order chi connectivity index (χ1) is 17.4. The predicted molar refractivity (Wildman–Crippen MR) is 134 cm³/mol. The number of aromatic nitrogens is 3. The molecule has 0 unspecified atom stereocenters. The molecular weight excluding hydrogens is 482 g/mol. The highest BCUT2D eigenvalue weighted by molar-refractivity contribution is 7.22. The third kappa shape index (κ3) is 4.16. The molecule has 5 rings (SSSR count). The number of piperazine rings is 1. The van der Waals surface area contributed by atoms with E-state index < -0.39 is 12.2 Å². The van der Waals surface area contributed by atoms with Crippen molar-refractivity contribution in [2.45, 2.75) is 25.2 Å². The molecule has 2 aromatic heterocycles. The Kier molecular flexibility index (Phi) is 6.33. The van der Waals surface area contributed by atoms with Crippen molar-refractivity contribution in [3.8, 4) is 0 Å². The molecule has 0 radical (unpaired) electrons. The summed E-state index contributed by atoms with van der Waals surface area (Å²) in [5.41, 5.74) is 8.31. The summed E-state index contributed by atoms with van der Waals surface area (Å²) >= 11 is 1.39. The summed E-state index contributed by atoms with van der Waals surface area (Å²) < 4.78 is 0.944. The number of benzene rings is 1. The lowest BCUT2D eigenvalue weighted by atomic mass is 10.0. The van der Waals surface area contributed by atoms with Crippen molar-refractivity contribution in [3.05, 3.63) is 54.6 Å². The van der Waals surface area contributed by atoms with Crippen molar-refractivity contribution in [2.24, 2.45) is 0 Å². The van der Waals surface area contributed by atoms with Gasteiger partial charge in [0.1, 0.15) is 12.2 Å². The highest BCUT2D eigenvalue weighted by atomic mass is 32.1. The molecule has 2 saturated heterocycles. The molecule has 0 bridgehead atoms. The lowest BCUT2D eigenvalue weighted by molar-refractivity contribution is -0.157. The monoisotopic (exact) mass is 509 g/mol. The lowest BCUT2D eigenvalue weighted by Crippen LogP contribution is -2.65. The first-order valence-electron chi connectivity index (χ1n) is 11.5. The Morgan fingerprint density at radius 2 is 2.25 bits per heavy atom. The van der Waals surface area contributed by atoms with E-state index in [1.165, 1.54) is 23.4 Å². The quantitative estimate of drug-likeness (QED) is 0.399. The molecule has 2 aliphatic rings. The molecule has 0 aliphatic carbocycles. The topological polar surface area (TPSA) is 144 Å². The average Bonchev–Trinajstić information content (AvgIpc) is 3.58. The first-order valence-corrected chi connectivity index (χ1v) is 12.3. The second-order valence-corrected chi connectivity index (χ2v) is 9.70. The number of nitrogens with two attached hydrogens (primary N) is 1. The van der Waals surface area contributed by atoms with Crippen LogP contribution in [0.2, 0.25) is 0 Å². The Balaban J connectivity index is 1.51. The summed E-state index contributed by atoms with van der Waals surface area (Å²) in [7, 11) is 1.53. The number of imidazole rings is 1. The summed E-state index contributed by atoms with van der Waals surface area (Å²) in [6.07, 6.45) is 4.54. The number of urea groups is 1. The fourth-order valence-electron chi connectivity index (χ4n) is 4.91. The van der Waals surface area contributed by atoms with E-state index in [1.807, 2.05) is 18.2 Å². The number of carbonyl (C=O) groups is 3. The number of nitrogens with one attached hydrogen (secondary N) is 2. The largest absolute Gasteiger partial charge is 0.375 e. The molecule has 2 aliphatic heterocycles. The van der Waals surface area contributed by atoms with E-state index in [1.54, 1.807) is 33.4 Å². The lowest BCUT2D eigenvalue weighted by Gasteiger charge is -2.46. The summed E-state index contributed by atoms with van der Waals surface area (Å²) in [5.74, 6) is -0.392. The van der Waals surface area contributed by atoms with E-state index in [4.69, 9.17) is 5.73 Å². The van der Waals surface area contributed by atoms with E-state index in [2.05, 4.69) is 26.8 Å². The number of hydrazine groups is 1. The van der Waals surface area contributed by atoms with Gasteiger partial charge >= 0.3 is 6.03 Å². The Morgan fingerprint density at radius 1 is 1.42 bits per heavy atom. The molecular formula is C23H27N9O3S. The number of aromatic amines is 1. The van der Waals surface area contributed by atoms with E-state index in [9.17, 15) is 14.4 Å². The molecule has 13 heteroatoms. The second-order valence-electron chi connectivity index (χ2n) is 8.64. The van der Waals surface area contributed by atoms with Gasteiger partial charge in [0.25, 0.3) is 0 Å². The highest BCUT2D eigenvalue weighted by Gasteiger charge is 2.52. The van der Waals surface area contributed by atoms with Crippen molar-refractivity contribution >= 4 is 44.5 Å². The van der Waals surface area contributed by atoms with Gasteiger partial charge in [0.2, 0.25) is 11.8 Å². The molecule has 2 fully saturated rings. The molecule has 1 aromatic carbocycles. The van der Waals surface area contributed by atoms with Crippen LogP contribution < -0.4 is 11.1 Å². The number of anilines is 1. The maximum atomic E-state index is 13.8. The molecule has 36 heavy (non-hydrogen) atoms. The van der Waals surface area contributed by atoms with Crippen molar-refractivity contribution in [2.75, 3.05) is 32.4 Å². The second kappa shape index (κ2) is 9.59. The molecule has 4 heterocycles. The van der Waals surface area contributed by atoms with Crippen molar-refractivity contribution in [3.63, 3.8) is 0 Å². The summed E-state index contributed by atoms with van der Waals surface area (Å²) in [4.78, 5) is 54.6. The maximum Gasteiger partial charge on any atom is 0.332 e. The number of H-pyrrole nitrogens is 1. The number of nitrogens with zero attached hydrogens (tertiary/aromatic N) is 6. The van der Waals surface area contributed by atoms with Crippen LogP contribution in [0.25, 0.3) is 10.2 Å². The summed E-state index contributed by atoms with van der Waals surface area (Å²) in [6, 6.07) is 4.68. The van der Waals surface area contributed by atoms with Crippen molar-refractivity contribution < 1.29 is 14.4 Å². The van der Waals surface area contributed by atoms with E-state index in [0.29, 0.717) is 11.7 Å². The first kappa shape index (κ1) is 23.8. The molecule has 2 atom stereocenters. The molecule has 4 N–H and O–H groups in total. The maximum absolute atomic E-state index is 13.8. The minimum absolute atomic E-state index is 0.0231. The number of thiazole rings is 1. The van der Waals surface area contributed by atoms with Gasteiger partial charge in [-0.15, -0.1) is 6.58 Å². The fourth-order valence-corrected chi connectivity index (χ4v) is 5.69. The molecule has 0 saturated carbocycles. The SMILES string of the molecule is C=CCN(C(=O)NC)N1CC(=O)N2[C@@H](Cc3cnc[nH]3)C(=O)N(Cc3cccc4sc(N)nc34)C[C@@H]21. The van der Waals surface area contributed by atoms with Crippen molar-refractivity contribution in [1.82, 2.24) is 40.1 Å². The Labute approximate surface area is 211 Å². The zero-order valence-corrected chi connectivity index (χ0v) is 20.6. The van der Waals surface area contributed by atoms with Gasteiger partial charge in [-0.2, -0.15) is 5.01 Å². The Bertz CT molecular complexity index is 1310. The smallest absolute Gasteiger partial charge is 0.332 e. The zero-order chi connectivity index (χ0) is 25.4. The van der Waals surface area contributed by atoms with Crippen LogP contribution in [0.3, 0.4) is 0 Å². The van der Waals surface area contributed by atoms with E-state index >= 15 is 0 Å². The molecule has 3 aromatic rings. The highest BCUT2D eigenvalue weighted by Crippen LogP contribution is 2.32. The van der Waals surface area contributed by atoms with Crippen LogP contribution in [0.4, 0.5) is 9.93 Å². The number of amides is 4. The van der Waals surface area contributed by atoms with Gasteiger partial charge in [0, 0.05) is 31.9 Å². The fraction of sp³-hybridized carbons (Fsp3) is 0.348. The van der Waals surface area contributed by atoms with E-state index in [0.717, 1.165) is 21.5 Å². The van der Waals surface area contributed by atoms with Crippen LogP contribution in [0.5, 0.6) is 0 Å². The number of hydrogen-bond acceptors (Lipinski definition) is 8. The zero-order valence-electron chi connectivity index (χ0n) is 19.8. The van der Waals surface area contributed by atoms with Gasteiger partial charge in [-0.05, 0) is 11.6 Å². The van der Waals surface area contributed by atoms with Gasteiger partial charge < -0.3 is 25.8 Å². The Morgan fingerprint density at radius 3 is 2.97 bits per heavy atom. The van der Waals surface area contributed by atoms with Crippen LogP contribution in [-0.4, -0.2) is 91.5 Å². The number of fused-ring (bicyclic) bond motifs is 2. The molecule has 4 amide bonds. The minimum Gasteiger partial charge on any atom is -0.375 e. The van der Waals surface area contributed by atoms with Crippen LogP contribution in [0.1, 0.15) is 11.3 Å². The van der Waals surface area contributed by atoms with Gasteiger partial charge in [-0.3, -0.25) is 14.6 Å². The number of carbonyl (C=O) groups excluding carboxylic acids is 3. The predicted octanol–water partition coefficient (Wildman–Crippen LogP) is 0.768. The van der Waals surface area contributed by atoms with Gasteiger partial charge in [0.05, 0.1) is 36.2 Å². The summed E-state index contributed by atoms with van der Waals surface area (Å²) in [5, 5.41) is 6.25. The summed E-state index contributed by atoms with van der Waals surface area (Å²) in [6.45, 7) is 4.47. The van der Waals surface area contributed by atoms with Gasteiger partial charge in [-0.1, -0.05) is 29.5 Å². The van der Waals surface area contributed by atoms with Crippen LogP contribution in [0, 0.1) is 0 Å². The van der Waals surface area contributed by atoms with E-state index in [-0.39, 0.29) is 43.9 Å². The molecule has 12 nitrogen and oxygen atoms in total. The number of nitrogen functional groups attached to an aromatic ring is 1.